The molecule has 0 aromatic heterocycles. The molecule has 1 unspecified atom stereocenters. The number of ether oxygens (including phenoxy) is 1. The van der Waals surface area contributed by atoms with Crippen LogP contribution in [0.3, 0.4) is 0 Å². The summed E-state index contributed by atoms with van der Waals surface area (Å²) >= 11 is 0. The van der Waals surface area contributed by atoms with Crippen LogP contribution in [0.15, 0.2) is 24.3 Å². The van der Waals surface area contributed by atoms with E-state index in [-0.39, 0.29) is 18.3 Å². The monoisotopic (exact) mass is 263 g/mol. The second kappa shape index (κ2) is 7.82. The number of rotatable bonds is 8. The molecule has 1 rings (SSSR count). The topological polar surface area (TPSA) is 29.5 Å². The number of carbonyl (C=O) groups is 1. The summed E-state index contributed by atoms with van der Waals surface area (Å²) in [6.45, 7) is 10.3. The summed E-state index contributed by atoms with van der Waals surface area (Å²) in [6, 6.07) is 7.93. The van der Waals surface area contributed by atoms with Crippen LogP contribution in [0.5, 0.6) is 5.75 Å². The number of hydrogen-bond donors (Lipinski definition) is 0. The van der Waals surface area contributed by atoms with Crippen molar-refractivity contribution in [1.29, 1.82) is 0 Å². The van der Waals surface area contributed by atoms with Gasteiger partial charge in [0.2, 0.25) is 0 Å². The number of anilines is 1. The van der Waals surface area contributed by atoms with Gasteiger partial charge in [0.25, 0.3) is 0 Å². The van der Waals surface area contributed by atoms with E-state index in [2.05, 4.69) is 24.8 Å². The largest absolute Gasteiger partial charge is 0.486 e. The maximum Gasteiger partial charge on any atom is 0.172 e. The van der Waals surface area contributed by atoms with Crippen molar-refractivity contribution in [2.24, 2.45) is 5.92 Å². The molecule has 0 N–H and O–H groups in total. The molecule has 106 valence electrons. The Morgan fingerprint density at radius 3 is 2.53 bits per heavy atom. The van der Waals surface area contributed by atoms with Crippen LogP contribution in [-0.2, 0) is 4.79 Å². The Labute approximate surface area is 116 Å². The fourth-order valence-electron chi connectivity index (χ4n) is 1.88. The molecular formula is C16H25NO2. The summed E-state index contributed by atoms with van der Waals surface area (Å²) in [5.41, 5.74) is 1.14. The van der Waals surface area contributed by atoms with E-state index in [1.54, 1.807) is 0 Å². The summed E-state index contributed by atoms with van der Waals surface area (Å²) in [7, 11) is 0. The standard InChI is InChI=1S/C16H25NO2/c1-5-13(4)16(18)12-19-15-10-8-9-14(11-15)17(6-2)7-3/h8-11,13H,5-7,12H2,1-4H3. The molecule has 0 amide bonds. The number of hydrogen-bond acceptors (Lipinski definition) is 3. The normalized spacial score (nSPS) is 12.0. The van der Waals surface area contributed by atoms with Gasteiger partial charge in [-0.15, -0.1) is 0 Å². The molecule has 0 spiro atoms. The minimum Gasteiger partial charge on any atom is -0.486 e. The Hall–Kier alpha value is -1.51. The Morgan fingerprint density at radius 2 is 1.95 bits per heavy atom. The first-order valence-electron chi connectivity index (χ1n) is 7.12. The van der Waals surface area contributed by atoms with E-state index >= 15 is 0 Å². The number of benzene rings is 1. The smallest absolute Gasteiger partial charge is 0.172 e. The van der Waals surface area contributed by atoms with Gasteiger partial charge >= 0.3 is 0 Å². The van der Waals surface area contributed by atoms with Gasteiger partial charge in [-0.05, 0) is 32.4 Å². The molecule has 3 nitrogen and oxygen atoms in total. The Bertz CT molecular complexity index is 399. The molecule has 1 aromatic rings. The predicted octanol–water partition coefficient (Wildman–Crippen LogP) is 3.53. The molecule has 0 bridgehead atoms. The molecule has 1 aromatic carbocycles. The van der Waals surface area contributed by atoms with Gasteiger partial charge in [0.1, 0.15) is 12.4 Å². The van der Waals surface area contributed by atoms with Crippen LogP contribution in [0.4, 0.5) is 5.69 Å². The average molecular weight is 263 g/mol. The van der Waals surface area contributed by atoms with Crippen LogP contribution in [0.25, 0.3) is 0 Å². The van der Waals surface area contributed by atoms with Crippen molar-refractivity contribution in [3.63, 3.8) is 0 Å². The van der Waals surface area contributed by atoms with Gasteiger partial charge in [0.05, 0.1) is 0 Å². The Morgan fingerprint density at radius 1 is 1.26 bits per heavy atom. The fourth-order valence-corrected chi connectivity index (χ4v) is 1.88. The highest BCUT2D eigenvalue weighted by Gasteiger charge is 2.11. The molecule has 3 heteroatoms. The highest BCUT2D eigenvalue weighted by atomic mass is 16.5. The third-order valence-electron chi connectivity index (χ3n) is 3.49. The molecular weight excluding hydrogens is 238 g/mol. The van der Waals surface area contributed by atoms with Crippen molar-refractivity contribution in [3.8, 4) is 5.75 Å². The zero-order valence-corrected chi connectivity index (χ0v) is 12.5. The van der Waals surface area contributed by atoms with Crippen molar-refractivity contribution in [2.45, 2.75) is 34.1 Å². The van der Waals surface area contributed by atoms with E-state index in [1.165, 1.54) is 0 Å². The average Bonchev–Trinajstić information content (AvgIpc) is 2.45. The van der Waals surface area contributed by atoms with Gasteiger partial charge in [-0.3, -0.25) is 4.79 Å². The molecule has 1 atom stereocenters. The number of ketones is 1. The zero-order valence-electron chi connectivity index (χ0n) is 12.5. The lowest BCUT2D eigenvalue weighted by Gasteiger charge is -2.21. The summed E-state index contributed by atoms with van der Waals surface area (Å²) in [6.07, 6.45) is 0.863. The van der Waals surface area contributed by atoms with Crippen molar-refractivity contribution >= 4 is 11.5 Å². The van der Waals surface area contributed by atoms with Gasteiger partial charge in [-0.1, -0.05) is 19.9 Å². The van der Waals surface area contributed by atoms with Gasteiger partial charge in [0, 0.05) is 30.8 Å². The third kappa shape index (κ3) is 4.58. The lowest BCUT2D eigenvalue weighted by Crippen LogP contribution is -2.22. The molecule has 0 saturated heterocycles. The molecule has 0 aliphatic heterocycles. The first-order chi connectivity index (χ1) is 9.12. The van der Waals surface area contributed by atoms with Crippen LogP contribution in [0.1, 0.15) is 34.1 Å². The summed E-state index contributed by atoms with van der Waals surface area (Å²) in [4.78, 5) is 14.0. The fraction of sp³-hybridized carbons (Fsp3) is 0.562. The van der Waals surface area contributed by atoms with Gasteiger partial charge in [-0.2, -0.15) is 0 Å². The predicted molar refractivity (Wildman–Crippen MR) is 80.0 cm³/mol. The highest BCUT2D eigenvalue weighted by molar-refractivity contribution is 5.82. The number of Topliss-reactive ketones (excluding diaryl/α,β-unsaturated/α-hetero) is 1. The van der Waals surface area contributed by atoms with Crippen LogP contribution in [-0.4, -0.2) is 25.5 Å². The van der Waals surface area contributed by atoms with E-state index in [0.717, 1.165) is 30.9 Å². The van der Waals surface area contributed by atoms with Gasteiger partial charge in [0.15, 0.2) is 5.78 Å². The van der Waals surface area contributed by atoms with Crippen LogP contribution >= 0.6 is 0 Å². The SMILES string of the molecule is CCC(C)C(=O)COc1cccc(N(CC)CC)c1. The lowest BCUT2D eigenvalue weighted by atomic mass is 10.1. The van der Waals surface area contributed by atoms with E-state index in [9.17, 15) is 4.79 Å². The van der Waals surface area contributed by atoms with Crippen molar-refractivity contribution < 1.29 is 9.53 Å². The molecule has 0 aliphatic carbocycles. The molecule has 0 fully saturated rings. The minimum atomic E-state index is 0.0750. The minimum absolute atomic E-state index is 0.0750. The number of nitrogens with zero attached hydrogens (tertiary/aromatic N) is 1. The second-order valence-electron chi connectivity index (χ2n) is 4.73. The molecule has 0 saturated carbocycles. The molecule has 0 heterocycles. The van der Waals surface area contributed by atoms with E-state index in [0.29, 0.717) is 0 Å². The molecule has 0 aliphatic rings. The Balaban J connectivity index is 2.65. The first-order valence-corrected chi connectivity index (χ1v) is 7.12. The molecule has 19 heavy (non-hydrogen) atoms. The van der Waals surface area contributed by atoms with E-state index in [1.807, 2.05) is 32.0 Å². The van der Waals surface area contributed by atoms with Gasteiger partial charge < -0.3 is 9.64 Å². The van der Waals surface area contributed by atoms with Crippen molar-refractivity contribution in [1.82, 2.24) is 0 Å². The van der Waals surface area contributed by atoms with Crippen LogP contribution in [0, 0.1) is 5.92 Å². The maximum atomic E-state index is 11.7. The molecule has 0 radical (unpaired) electrons. The van der Waals surface area contributed by atoms with E-state index in [4.69, 9.17) is 4.74 Å². The maximum absolute atomic E-state index is 11.7. The van der Waals surface area contributed by atoms with Crippen LogP contribution < -0.4 is 9.64 Å². The number of carbonyl (C=O) groups excluding carboxylic acids is 1. The van der Waals surface area contributed by atoms with Crippen molar-refractivity contribution in [3.05, 3.63) is 24.3 Å². The van der Waals surface area contributed by atoms with Crippen molar-refractivity contribution in [2.75, 3.05) is 24.6 Å². The Kier molecular flexibility index (Phi) is 6.40. The summed E-state index contributed by atoms with van der Waals surface area (Å²) in [5.74, 6) is 1.00. The lowest BCUT2D eigenvalue weighted by molar-refractivity contribution is -0.124. The third-order valence-corrected chi connectivity index (χ3v) is 3.49. The highest BCUT2D eigenvalue weighted by Crippen LogP contribution is 2.21. The second-order valence-corrected chi connectivity index (χ2v) is 4.73. The quantitative estimate of drug-likeness (QED) is 0.718. The first kappa shape index (κ1) is 15.5. The zero-order chi connectivity index (χ0) is 14.3. The van der Waals surface area contributed by atoms with E-state index < -0.39 is 0 Å². The van der Waals surface area contributed by atoms with Gasteiger partial charge in [-0.25, -0.2) is 0 Å². The summed E-state index contributed by atoms with van der Waals surface area (Å²) < 4.78 is 5.59. The summed E-state index contributed by atoms with van der Waals surface area (Å²) in [5, 5.41) is 0. The van der Waals surface area contributed by atoms with Crippen LogP contribution in [0.2, 0.25) is 0 Å².